The van der Waals surface area contributed by atoms with Gasteiger partial charge in [-0.05, 0) is 191 Å². The summed E-state index contributed by atoms with van der Waals surface area (Å²) in [5.41, 5.74) is 23.3. The summed E-state index contributed by atoms with van der Waals surface area (Å²) in [6.45, 7) is 8.79. The van der Waals surface area contributed by atoms with Crippen LogP contribution in [0.15, 0.2) is 304 Å². The van der Waals surface area contributed by atoms with Gasteiger partial charge in [0, 0.05) is 95.2 Å². The molecule has 0 aliphatic rings. The van der Waals surface area contributed by atoms with Crippen molar-refractivity contribution in [2.75, 3.05) is 9.80 Å². The molecular formula is C86H62N8. The van der Waals surface area contributed by atoms with E-state index in [9.17, 15) is 0 Å². The van der Waals surface area contributed by atoms with E-state index in [0.29, 0.717) is 0 Å². The van der Waals surface area contributed by atoms with Crippen molar-refractivity contribution in [3.05, 3.63) is 326 Å². The van der Waals surface area contributed by atoms with Crippen molar-refractivity contribution in [3.63, 3.8) is 0 Å². The number of anilines is 6. The molecule has 18 rings (SSSR count). The molecule has 0 saturated heterocycles. The van der Waals surface area contributed by atoms with Crippen LogP contribution < -0.4 is 9.80 Å². The number of nitrogens with zero attached hydrogens (tertiary/aromatic N) is 8. The zero-order chi connectivity index (χ0) is 62.7. The summed E-state index contributed by atoms with van der Waals surface area (Å²) < 4.78 is 9.97. The second kappa shape index (κ2) is 21.7. The van der Waals surface area contributed by atoms with Crippen molar-refractivity contribution in [2.24, 2.45) is 0 Å². The summed E-state index contributed by atoms with van der Waals surface area (Å²) in [6, 6.07) is 107. The van der Waals surface area contributed by atoms with E-state index in [4.69, 9.17) is 9.97 Å². The Kier molecular flexibility index (Phi) is 12.6. The molecule has 0 saturated carbocycles. The van der Waals surface area contributed by atoms with E-state index in [1.807, 2.05) is 12.4 Å². The number of aromatic nitrogens is 6. The Hall–Kier alpha value is -12.3. The molecule has 0 atom stereocenters. The molecule has 0 amide bonds. The first-order chi connectivity index (χ1) is 46.3. The van der Waals surface area contributed by atoms with Crippen molar-refractivity contribution in [2.45, 2.75) is 27.7 Å². The van der Waals surface area contributed by atoms with Gasteiger partial charge in [0.1, 0.15) is 11.4 Å². The van der Waals surface area contributed by atoms with Crippen molar-refractivity contribution >= 4 is 121 Å². The molecular weight excluding hydrogens is 1150 g/mol. The maximum absolute atomic E-state index is 6.59. The second-order valence-corrected chi connectivity index (χ2v) is 24.9. The predicted octanol–water partition coefficient (Wildman–Crippen LogP) is 22.7. The van der Waals surface area contributed by atoms with Crippen molar-refractivity contribution < 1.29 is 0 Å². The van der Waals surface area contributed by atoms with Crippen LogP contribution in [0, 0.1) is 27.7 Å². The first kappa shape index (κ1) is 54.7. The predicted molar refractivity (Wildman–Crippen MR) is 393 cm³/mol. The SMILES string of the molecule is Cc1ccc2c(c1)c1cc(C)ccc1n2-c1nc(-n2c3ccccc3c3cc(N(c4ccccc4)c4ccccc4)ccc32)c(-n2c3ccc(C)cc3c3cc(C)ccc32)c(-c2ccncc2)c1-n1c2ccccc2c2cc(N(c3ccccc3)c3ccccc3)ccc21. The highest BCUT2D eigenvalue weighted by Crippen LogP contribution is 2.51. The Balaban J connectivity index is 1.06. The molecule has 0 fully saturated rings. The fourth-order valence-electron chi connectivity index (χ4n) is 14.9. The van der Waals surface area contributed by atoms with Gasteiger partial charge < -0.3 is 18.9 Å². The molecule has 0 radical (unpaired) electrons. The van der Waals surface area contributed by atoms with Gasteiger partial charge in [-0.1, -0.05) is 156 Å². The van der Waals surface area contributed by atoms with Crippen LogP contribution in [0.1, 0.15) is 22.3 Å². The molecule has 0 aliphatic heterocycles. The number of benzene rings is 12. The van der Waals surface area contributed by atoms with Crippen LogP contribution in [0.5, 0.6) is 0 Å². The monoisotopic (exact) mass is 1210 g/mol. The standard InChI is InChI=1S/C86H62N8/c1-55-33-39-76-68(49-55)69-50-56(2)34-40-77(69)92(76)84-82(59-45-47-87-48-46-59)83(91-74-31-19-17-29-66(74)72-53-64(37-43-78(72)91)89(60-21-9-5-10-22-60)61-23-11-6-12-24-61)86(94-79-41-35-57(3)51-70(79)71-52-58(4)36-42-80(71)94)88-85(84)93-75-32-20-18-30-67(75)73-54-65(38-44-81(73)93)90(62-25-13-7-14-26-62)63-27-15-8-16-28-63/h5-54H,1-4H3. The highest BCUT2D eigenvalue weighted by Gasteiger charge is 2.33. The van der Waals surface area contributed by atoms with Gasteiger partial charge in [-0.2, -0.15) is 0 Å². The van der Waals surface area contributed by atoms with Gasteiger partial charge in [0.15, 0.2) is 11.6 Å². The number of fused-ring (bicyclic) bond motifs is 12. The largest absolute Gasteiger partial charge is 0.310 e. The number of hydrogen-bond acceptors (Lipinski definition) is 4. The van der Waals surface area contributed by atoms with Gasteiger partial charge >= 0.3 is 0 Å². The molecule has 0 bridgehead atoms. The van der Waals surface area contributed by atoms with E-state index in [2.05, 4.69) is 347 Å². The van der Waals surface area contributed by atoms with E-state index < -0.39 is 0 Å². The average Bonchev–Trinajstić information content (AvgIpc) is 1.47. The van der Waals surface area contributed by atoms with Crippen LogP contribution in [-0.4, -0.2) is 28.2 Å². The summed E-state index contributed by atoms with van der Waals surface area (Å²) in [5, 5.41) is 9.10. The lowest BCUT2D eigenvalue weighted by Crippen LogP contribution is -2.16. The topological polar surface area (TPSA) is 52.0 Å². The third-order valence-corrected chi connectivity index (χ3v) is 19.0. The Bertz CT molecular complexity index is 5820. The number of aryl methyl sites for hydroxylation is 4. The Labute approximate surface area is 543 Å². The Morgan fingerprint density at radius 2 is 0.532 bits per heavy atom. The fourth-order valence-corrected chi connectivity index (χ4v) is 14.9. The van der Waals surface area contributed by atoms with Crippen molar-refractivity contribution in [3.8, 4) is 34.1 Å². The summed E-state index contributed by atoms with van der Waals surface area (Å²) in [5.74, 6) is 1.54. The minimum absolute atomic E-state index is 0.770. The maximum Gasteiger partial charge on any atom is 0.165 e. The van der Waals surface area contributed by atoms with Gasteiger partial charge in [0.25, 0.3) is 0 Å². The minimum Gasteiger partial charge on any atom is -0.310 e. The lowest BCUT2D eigenvalue weighted by Gasteiger charge is -2.27. The lowest BCUT2D eigenvalue weighted by atomic mass is 10.0. The van der Waals surface area contributed by atoms with Crippen molar-refractivity contribution in [1.82, 2.24) is 28.2 Å². The van der Waals surface area contributed by atoms with E-state index in [0.717, 1.165) is 145 Å². The van der Waals surface area contributed by atoms with Gasteiger partial charge in [-0.15, -0.1) is 0 Å². The molecule has 8 nitrogen and oxygen atoms in total. The summed E-state index contributed by atoms with van der Waals surface area (Å²) in [7, 11) is 0. The lowest BCUT2D eigenvalue weighted by molar-refractivity contribution is 0.960. The number of hydrogen-bond donors (Lipinski definition) is 0. The number of para-hydroxylation sites is 6. The molecule has 446 valence electrons. The highest BCUT2D eigenvalue weighted by atomic mass is 15.2. The molecule has 94 heavy (non-hydrogen) atoms. The zero-order valence-electron chi connectivity index (χ0n) is 52.4. The summed E-state index contributed by atoms with van der Waals surface area (Å²) in [6.07, 6.45) is 3.89. The van der Waals surface area contributed by atoms with Crippen LogP contribution >= 0.6 is 0 Å². The molecule has 0 aliphatic carbocycles. The average molecular weight is 1210 g/mol. The van der Waals surface area contributed by atoms with Crippen LogP contribution in [-0.2, 0) is 0 Å². The van der Waals surface area contributed by atoms with E-state index in [1.165, 1.54) is 33.0 Å². The van der Waals surface area contributed by atoms with Crippen LogP contribution in [0.3, 0.4) is 0 Å². The molecule has 18 aromatic rings. The molecule has 0 N–H and O–H groups in total. The molecule has 0 unspecified atom stereocenters. The first-order valence-electron chi connectivity index (χ1n) is 32.2. The van der Waals surface area contributed by atoms with E-state index in [-0.39, 0.29) is 0 Å². The van der Waals surface area contributed by atoms with Crippen LogP contribution in [0.4, 0.5) is 34.1 Å². The smallest absolute Gasteiger partial charge is 0.165 e. The minimum atomic E-state index is 0.770. The highest BCUT2D eigenvalue weighted by molar-refractivity contribution is 6.17. The third kappa shape index (κ3) is 8.60. The van der Waals surface area contributed by atoms with E-state index in [1.54, 1.807) is 0 Å². The summed E-state index contributed by atoms with van der Waals surface area (Å²) >= 11 is 0. The van der Waals surface area contributed by atoms with E-state index >= 15 is 0 Å². The molecule has 12 aromatic carbocycles. The Morgan fingerprint density at radius 3 is 0.894 bits per heavy atom. The Morgan fingerprint density at radius 1 is 0.245 bits per heavy atom. The fraction of sp³-hybridized carbons (Fsp3) is 0.0465. The second-order valence-electron chi connectivity index (χ2n) is 24.9. The van der Waals surface area contributed by atoms with Gasteiger partial charge in [-0.3, -0.25) is 14.1 Å². The molecule has 0 spiro atoms. The van der Waals surface area contributed by atoms with Crippen LogP contribution in [0.2, 0.25) is 0 Å². The first-order valence-corrected chi connectivity index (χ1v) is 32.2. The molecule has 6 heterocycles. The third-order valence-electron chi connectivity index (χ3n) is 19.0. The maximum atomic E-state index is 6.59. The van der Waals surface area contributed by atoms with Gasteiger partial charge in [-0.25, -0.2) is 4.98 Å². The number of rotatable bonds is 11. The quantitative estimate of drug-likeness (QED) is 0.129. The van der Waals surface area contributed by atoms with Crippen LogP contribution in [0.25, 0.3) is 121 Å². The summed E-state index contributed by atoms with van der Waals surface area (Å²) in [4.78, 5) is 16.1. The molecule has 8 heteroatoms. The molecule has 6 aromatic heterocycles. The van der Waals surface area contributed by atoms with Crippen molar-refractivity contribution in [1.29, 1.82) is 0 Å². The van der Waals surface area contributed by atoms with Gasteiger partial charge in [0.05, 0.1) is 44.1 Å². The zero-order valence-corrected chi connectivity index (χ0v) is 52.4. The normalized spacial score (nSPS) is 11.8. The van der Waals surface area contributed by atoms with Gasteiger partial charge in [0.2, 0.25) is 0 Å². The number of pyridine rings is 2.